The molecule has 1 rings (SSSR count). The highest BCUT2D eigenvalue weighted by Crippen LogP contribution is 2.19. The summed E-state index contributed by atoms with van der Waals surface area (Å²) >= 11 is 5.98. The first-order chi connectivity index (χ1) is 8.54. The van der Waals surface area contributed by atoms with E-state index in [4.69, 9.17) is 17.3 Å². The van der Waals surface area contributed by atoms with Crippen LogP contribution < -0.4 is 16.4 Å². The molecule has 0 aromatic carbocycles. The number of aromatic nitrogens is 1. The van der Waals surface area contributed by atoms with Crippen molar-refractivity contribution >= 4 is 29.2 Å². The summed E-state index contributed by atoms with van der Waals surface area (Å²) in [5, 5.41) is 5.74. The van der Waals surface area contributed by atoms with Crippen LogP contribution in [0.5, 0.6) is 0 Å². The number of carbonyl (C=O) groups is 2. The molecule has 4 N–H and O–H groups in total. The van der Waals surface area contributed by atoms with Crippen molar-refractivity contribution in [3.63, 3.8) is 0 Å². The average Bonchev–Trinajstić information content (AvgIpc) is 2.34. The van der Waals surface area contributed by atoms with Crippen molar-refractivity contribution in [1.29, 1.82) is 0 Å². The number of amides is 2. The maximum absolute atomic E-state index is 11.6. The first-order valence-electron chi connectivity index (χ1n) is 5.50. The van der Waals surface area contributed by atoms with Crippen LogP contribution in [-0.4, -0.2) is 29.9 Å². The Morgan fingerprint density at radius 1 is 1.50 bits per heavy atom. The van der Waals surface area contributed by atoms with E-state index in [1.54, 1.807) is 0 Å². The molecular weight excluding hydrogens is 256 g/mol. The Balaban J connectivity index is 2.71. The summed E-state index contributed by atoms with van der Waals surface area (Å²) in [7, 11) is 0. The van der Waals surface area contributed by atoms with Crippen molar-refractivity contribution in [3.05, 3.63) is 22.8 Å². The van der Waals surface area contributed by atoms with Crippen LogP contribution in [0.3, 0.4) is 0 Å². The Labute approximate surface area is 110 Å². The second-order valence-electron chi connectivity index (χ2n) is 3.63. The third-order valence-electron chi connectivity index (χ3n) is 2.07. The predicted molar refractivity (Wildman–Crippen MR) is 69.6 cm³/mol. The number of primary amides is 1. The van der Waals surface area contributed by atoms with E-state index < -0.39 is 11.8 Å². The van der Waals surface area contributed by atoms with Gasteiger partial charge < -0.3 is 16.4 Å². The topological polar surface area (TPSA) is 97.1 Å². The summed E-state index contributed by atoms with van der Waals surface area (Å²) in [4.78, 5) is 26.2. The maximum atomic E-state index is 11.6. The summed E-state index contributed by atoms with van der Waals surface area (Å²) in [5.41, 5.74) is 5.20. The Hall–Kier alpha value is -1.82. The van der Waals surface area contributed by atoms with Crippen molar-refractivity contribution in [2.24, 2.45) is 5.73 Å². The van der Waals surface area contributed by atoms with Gasteiger partial charge in [-0.15, -0.1) is 0 Å². The summed E-state index contributed by atoms with van der Waals surface area (Å²) in [5.74, 6) is -0.515. The van der Waals surface area contributed by atoms with Crippen LogP contribution >= 0.6 is 11.6 Å². The lowest BCUT2D eigenvalue weighted by atomic mass is 10.2. The number of hydrogen-bond donors (Lipinski definition) is 3. The van der Waals surface area contributed by atoms with Crippen LogP contribution in [0.2, 0.25) is 5.02 Å². The average molecular weight is 271 g/mol. The summed E-state index contributed by atoms with van der Waals surface area (Å²) in [6.45, 7) is 2.55. The number of nitrogens with zero attached hydrogens (tertiary/aromatic N) is 1. The molecule has 1 heterocycles. The summed E-state index contributed by atoms with van der Waals surface area (Å²) < 4.78 is 0. The van der Waals surface area contributed by atoms with Crippen LogP contribution in [-0.2, 0) is 4.79 Å². The van der Waals surface area contributed by atoms with Gasteiger partial charge >= 0.3 is 0 Å². The molecule has 1 aromatic rings. The number of carbonyl (C=O) groups excluding carboxylic acids is 2. The standard InChI is InChI=1S/C11H15ClN4O2/c1-2-3-14-10-8(12)4-7(5-15-10)11(18)16-6-9(13)17/h4-5H,2-3,6H2,1H3,(H2,13,17)(H,14,15)(H,16,18). The molecule has 1 aromatic heterocycles. The van der Waals surface area contributed by atoms with Gasteiger partial charge in [0, 0.05) is 12.7 Å². The van der Waals surface area contributed by atoms with Gasteiger partial charge in [0.15, 0.2) is 0 Å². The highest BCUT2D eigenvalue weighted by molar-refractivity contribution is 6.33. The van der Waals surface area contributed by atoms with Gasteiger partial charge in [-0.2, -0.15) is 0 Å². The van der Waals surface area contributed by atoms with E-state index in [1.807, 2.05) is 6.92 Å². The van der Waals surface area contributed by atoms with E-state index >= 15 is 0 Å². The third-order valence-corrected chi connectivity index (χ3v) is 2.36. The lowest BCUT2D eigenvalue weighted by Gasteiger charge is -2.08. The number of rotatable bonds is 6. The van der Waals surface area contributed by atoms with Crippen LogP contribution in [0.25, 0.3) is 0 Å². The van der Waals surface area contributed by atoms with Crippen LogP contribution in [0.1, 0.15) is 23.7 Å². The minimum absolute atomic E-state index is 0.216. The van der Waals surface area contributed by atoms with Crippen LogP contribution in [0, 0.1) is 0 Å². The Morgan fingerprint density at radius 3 is 2.78 bits per heavy atom. The van der Waals surface area contributed by atoms with Crippen molar-refractivity contribution in [2.45, 2.75) is 13.3 Å². The number of anilines is 1. The molecule has 7 heteroatoms. The molecule has 0 unspecified atom stereocenters. The van der Waals surface area contributed by atoms with Gasteiger partial charge in [0.05, 0.1) is 17.1 Å². The molecule has 0 aliphatic carbocycles. The number of nitrogens with one attached hydrogen (secondary N) is 2. The lowest BCUT2D eigenvalue weighted by Crippen LogP contribution is -2.33. The molecular formula is C11H15ClN4O2. The van der Waals surface area contributed by atoms with Gasteiger partial charge in [-0.25, -0.2) is 4.98 Å². The smallest absolute Gasteiger partial charge is 0.253 e. The third kappa shape index (κ3) is 4.21. The number of hydrogen-bond acceptors (Lipinski definition) is 4. The number of halogens is 1. The van der Waals surface area contributed by atoms with Crippen molar-refractivity contribution in [3.8, 4) is 0 Å². The molecule has 0 spiro atoms. The van der Waals surface area contributed by atoms with Crippen molar-refractivity contribution in [1.82, 2.24) is 10.3 Å². The van der Waals surface area contributed by atoms with Gasteiger partial charge in [-0.3, -0.25) is 9.59 Å². The maximum Gasteiger partial charge on any atom is 0.253 e. The molecule has 2 amide bonds. The van der Waals surface area contributed by atoms with Gasteiger partial charge in [-0.05, 0) is 12.5 Å². The van der Waals surface area contributed by atoms with Gasteiger partial charge in [-0.1, -0.05) is 18.5 Å². The van der Waals surface area contributed by atoms with Crippen LogP contribution in [0.4, 0.5) is 5.82 Å². The van der Waals surface area contributed by atoms with E-state index in [0.717, 1.165) is 13.0 Å². The van der Waals surface area contributed by atoms with E-state index in [1.165, 1.54) is 12.3 Å². The fourth-order valence-corrected chi connectivity index (χ4v) is 1.44. The minimum atomic E-state index is -0.608. The predicted octanol–water partition coefficient (Wildman–Crippen LogP) is 0.772. The first-order valence-corrected chi connectivity index (χ1v) is 5.88. The molecule has 0 saturated heterocycles. The van der Waals surface area contributed by atoms with Crippen molar-refractivity contribution in [2.75, 3.05) is 18.4 Å². The normalized spacial score (nSPS) is 9.89. The fourth-order valence-electron chi connectivity index (χ4n) is 1.21. The molecule has 6 nitrogen and oxygen atoms in total. The molecule has 0 radical (unpaired) electrons. The SMILES string of the molecule is CCCNc1ncc(C(=O)NCC(N)=O)cc1Cl. The Morgan fingerprint density at radius 2 is 2.22 bits per heavy atom. The summed E-state index contributed by atoms with van der Waals surface area (Å²) in [6, 6.07) is 1.49. The Bertz CT molecular complexity index is 451. The Kier molecular flexibility index (Phi) is 5.38. The highest BCUT2D eigenvalue weighted by atomic mass is 35.5. The first kappa shape index (κ1) is 14.2. The quantitative estimate of drug-likeness (QED) is 0.711. The molecule has 0 aliphatic rings. The fraction of sp³-hybridized carbons (Fsp3) is 0.364. The van der Waals surface area contributed by atoms with Crippen molar-refractivity contribution < 1.29 is 9.59 Å². The molecule has 0 aliphatic heterocycles. The molecule has 0 bridgehead atoms. The largest absolute Gasteiger partial charge is 0.369 e. The van der Waals surface area contributed by atoms with Gasteiger partial charge in [0.2, 0.25) is 5.91 Å². The minimum Gasteiger partial charge on any atom is -0.369 e. The van der Waals surface area contributed by atoms with Gasteiger partial charge in [0.1, 0.15) is 5.82 Å². The zero-order valence-electron chi connectivity index (χ0n) is 10.00. The summed E-state index contributed by atoms with van der Waals surface area (Å²) in [6.07, 6.45) is 2.33. The van der Waals surface area contributed by atoms with E-state index in [-0.39, 0.29) is 12.1 Å². The molecule has 0 atom stereocenters. The molecule has 0 fully saturated rings. The van der Waals surface area contributed by atoms with E-state index in [0.29, 0.717) is 10.8 Å². The molecule has 18 heavy (non-hydrogen) atoms. The van der Waals surface area contributed by atoms with Crippen LogP contribution in [0.15, 0.2) is 12.3 Å². The highest BCUT2D eigenvalue weighted by Gasteiger charge is 2.10. The number of pyridine rings is 1. The lowest BCUT2D eigenvalue weighted by molar-refractivity contribution is -0.117. The second-order valence-corrected chi connectivity index (χ2v) is 4.04. The second kappa shape index (κ2) is 6.80. The zero-order chi connectivity index (χ0) is 13.5. The zero-order valence-corrected chi connectivity index (χ0v) is 10.8. The molecule has 0 saturated carbocycles. The van der Waals surface area contributed by atoms with E-state index in [9.17, 15) is 9.59 Å². The molecule has 98 valence electrons. The number of nitrogens with two attached hydrogens (primary N) is 1. The van der Waals surface area contributed by atoms with E-state index in [2.05, 4.69) is 15.6 Å². The monoisotopic (exact) mass is 270 g/mol. The van der Waals surface area contributed by atoms with Gasteiger partial charge in [0.25, 0.3) is 5.91 Å².